The molecule has 0 radical (unpaired) electrons. The van der Waals surface area contributed by atoms with Crippen LogP contribution in [-0.4, -0.2) is 24.7 Å². The fourth-order valence-corrected chi connectivity index (χ4v) is 2.65. The van der Waals surface area contributed by atoms with Crippen LogP contribution in [0.5, 0.6) is 0 Å². The van der Waals surface area contributed by atoms with Crippen LogP contribution in [0.1, 0.15) is 98.8 Å². The standard InChI is InChI=1S/C11H20N2O2.C6H14.C3H8/c1-2-10-7-14-13-11(15-10)8-3-5-9(12)6-4-8;1-3-5-6-4-2;1-3-2/h8-10H,2-7,12H2,1H3;3-6H2,1-2H3;3H2,1-2H3. The molecule has 1 fully saturated rings. The lowest BCUT2D eigenvalue weighted by atomic mass is 9.86. The zero-order valence-corrected chi connectivity index (χ0v) is 16.9. The maximum Gasteiger partial charge on any atom is 0.229 e. The first-order chi connectivity index (χ1) is 11.6. The molecule has 0 amide bonds. The minimum atomic E-state index is 0.188. The van der Waals surface area contributed by atoms with E-state index in [0.29, 0.717) is 18.6 Å². The summed E-state index contributed by atoms with van der Waals surface area (Å²) in [4.78, 5) is 5.20. The highest BCUT2D eigenvalue weighted by molar-refractivity contribution is 5.78. The average Bonchev–Trinajstić information content (AvgIpc) is 2.62. The molecule has 4 heteroatoms. The molecule has 0 spiro atoms. The molecule has 24 heavy (non-hydrogen) atoms. The molecule has 1 saturated carbocycles. The number of hydrogen-bond donors (Lipinski definition) is 1. The van der Waals surface area contributed by atoms with Crippen LogP contribution in [0.3, 0.4) is 0 Å². The van der Waals surface area contributed by atoms with Crippen molar-refractivity contribution in [3.8, 4) is 0 Å². The smallest absolute Gasteiger partial charge is 0.229 e. The van der Waals surface area contributed by atoms with Crippen LogP contribution in [-0.2, 0) is 9.57 Å². The summed E-state index contributed by atoms with van der Waals surface area (Å²) in [6.45, 7) is 11.4. The first kappa shape index (κ1) is 23.2. The summed E-state index contributed by atoms with van der Waals surface area (Å²) in [5.41, 5.74) is 5.87. The van der Waals surface area contributed by atoms with Crippen molar-refractivity contribution >= 4 is 5.90 Å². The molecule has 2 rings (SSSR count). The SMILES string of the molecule is CCC.CCC1CON=C(C2CCC(N)CC2)O1.CCCCCC. The quantitative estimate of drug-likeness (QED) is 0.657. The maximum atomic E-state index is 5.87. The first-order valence-corrected chi connectivity index (χ1v) is 10.2. The molecule has 1 aliphatic heterocycles. The Hall–Kier alpha value is -0.770. The van der Waals surface area contributed by atoms with Gasteiger partial charge in [-0.2, -0.15) is 0 Å². The Bertz CT molecular complexity index is 296. The Balaban J connectivity index is 0.000000495. The third-order valence-electron chi connectivity index (χ3n) is 4.24. The van der Waals surface area contributed by atoms with E-state index < -0.39 is 0 Å². The van der Waals surface area contributed by atoms with E-state index in [1.807, 2.05) is 0 Å². The molecular weight excluding hydrogens is 300 g/mol. The van der Waals surface area contributed by atoms with Crippen LogP contribution < -0.4 is 5.73 Å². The fourth-order valence-electron chi connectivity index (χ4n) is 2.65. The van der Waals surface area contributed by atoms with Gasteiger partial charge < -0.3 is 15.3 Å². The van der Waals surface area contributed by atoms with Gasteiger partial charge in [0.25, 0.3) is 0 Å². The number of nitrogens with two attached hydrogens (primary N) is 1. The van der Waals surface area contributed by atoms with E-state index in [2.05, 4.69) is 39.8 Å². The highest BCUT2D eigenvalue weighted by Gasteiger charge is 2.28. The summed E-state index contributed by atoms with van der Waals surface area (Å²) < 4.78 is 5.79. The molecule has 1 aliphatic carbocycles. The molecule has 0 aromatic rings. The Morgan fingerprint density at radius 3 is 1.96 bits per heavy atom. The van der Waals surface area contributed by atoms with Crippen LogP contribution in [0, 0.1) is 5.92 Å². The van der Waals surface area contributed by atoms with E-state index in [1.54, 1.807) is 0 Å². The second-order valence-corrected chi connectivity index (χ2v) is 6.90. The lowest BCUT2D eigenvalue weighted by Gasteiger charge is -2.30. The molecular formula is C20H42N2O2. The summed E-state index contributed by atoms with van der Waals surface area (Å²) in [5.74, 6) is 1.24. The molecule has 0 aromatic heterocycles. The highest BCUT2D eigenvalue weighted by Crippen LogP contribution is 2.27. The minimum absolute atomic E-state index is 0.188. The molecule has 2 N–H and O–H groups in total. The zero-order valence-electron chi connectivity index (χ0n) is 16.9. The number of nitrogens with zero attached hydrogens (tertiary/aromatic N) is 1. The molecule has 0 bridgehead atoms. The van der Waals surface area contributed by atoms with Crippen LogP contribution in [0.4, 0.5) is 0 Å². The first-order valence-electron chi connectivity index (χ1n) is 10.2. The van der Waals surface area contributed by atoms with Gasteiger partial charge in [0.05, 0.1) is 0 Å². The molecule has 2 aliphatic rings. The monoisotopic (exact) mass is 342 g/mol. The third-order valence-corrected chi connectivity index (χ3v) is 4.24. The van der Waals surface area contributed by atoms with Crippen molar-refractivity contribution in [2.45, 2.75) is 111 Å². The van der Waals surface area contributed by atoms with Gasteiger partial charge in [0, 0.05) is 12.0 Å². The van der Waals surface area contributed by atoms with Gasteiger partial charge in [-0.25, -0.2) is 0 Å². The Kier molecular flexibility index (Phi) is 15.2. The Labute approximate surface area is 150 Å². The molecule has 4 nitrogen and oxygen atoms in total. The van der Waals surface area contributed by atoms with Gasteiger partial charge in [-0.3, -0.25) is 0 Å². The maximum absolute atomic E-state index is 5.87. The van der Waals surface area contributed by atoms with Crippen molar-refractivity contribution in [3.05, 3.63) is 0 Å². The van der Waals surface area contributed by atoms with Crippen LogP contribution >= 0.6 is 0 Å². The van der Waals surface area contributed by atoms with Gasteiger partial charge in [-0.1, -0.05) is 71.9 Å². The predicted molar refractivity (Wildman–Crippen MR) is 104 cm³/mol. The second kappa shape index (κ2) is 15.7. The number of ether oxygens (including phenoxy) is 1. The largest absolute Gasteiger partial charge is 0.471 e. The van der Waals surface area contributed by atoms with Crippen molar-refractivity contribution < 1.29 is 9.57 Å². The normalized spacial score (nSPS) is 25.8. The molecule has 1 atom stereocenters. The van der Waals surface area contributed by atoms with Crippen molar-refractivity contribution in [3.63, 3.8) is 0 Å². The van der Waals surface area contributed by atoms with Crippen molar-refractivity contribution in [1.29, 1.82) is 0 Å². The highest BCUT2D eigenvalue weighted by atomic mass is 16.7. The summed E-state index contributed by atoms with van der Waals surface area (Å²) in [5, 5.41) is 4.03. The molecule has 144 valence electrons. The van der Waals surface area contributed by atoms with E-state index in [0.717, 1.165) is 38.0 Å². The molecule has 0 aromatic carbocycles. The van der Waals surface area contributed by atoms with Gasteiger partial charge in [0.2, 0.25) is 5.90 Å². The van der Waals surface area contributed by atoms with Crippen LogP contribution in [0.2, 0.25) is 0 Å². The van der Waals surface area contributed by atoms with E-state index in [4.69, 9.17) is 15.3 Å². The van der Waals surface area contributed by atoms with Gasteiger partial charge in [0.15, 0.2) is 6.61 Å². The number of oxime groups is 1. The molecule has 1 unspecified atom stereocenters. The summed E-state index contributed by atoms with van der Waals surface area (Å²) in [6, 6.07) is 0.369. The van der Waals surface area contributed by atoms with Gasteiger partial charge >= 0.3 is 0 Å². The molecule has 0 saturated heterocycles. The minimum Gasteiger partial charge on any atom is -0.471 e. The van der Waals surface area contributed by atoms with Gasteiger partial charge in [-0.15, -0.1) is 0 Å². The van der Waals surface area contributed by atoms with Crippen molar-refractivity contribution in [2.75, 3.05) is 6.61 Å². The number of unbranched alkanes of at least 4 members (excludes halogenated alkanes) is 3. The average molecular weight is 343 g/mol. The molecule has 1 heterocycles. The van der Waals surface area contributed by atoms with Gasteiger partial charge in [0.1, 0.15) is 6.10 Å². The number of rotatable bonds is 5. The predicted octanol–water partition coefficient (Wildman–Crippen LogP) is 5.65. The third kappa shape index (κ3) is 10.9. The van der Waals surface area contributed by atoms with Crippen LogP contribution in [0.15, 0.2) is 5.16 Å². The van der Waals surface area contributed by atoms with E-state index in [-0.39, 0.29) is 6.10 Å². The van der Waals surface area contributed by atoms with E-state index in [9.17, 15) is 0 Å². The van der Waals surface area contributed by atoms with Crippen molar-refractivity contribution in [2.24, 2.45) is 16.8 Å². The summed E-state index contributed by atoms with van der Waals surface area (Å²) in [6.07, 6.45) is 12.3. The number of hydrogen-bond acceptors (Lipinski definition) is 4. The summed E-state index contributed by atoms with van der Waals surface area (Å²) >= 11 is 0. The second-order valence-electron chi connectivity index (χ2n) is 6.90. The Morgan fingerprint density at radius 2 is 1.50 bits per heavy atom. The topological polar surface area (TPSA) is 56.8 Å². The van der Waals surface area contributed by atoms with E-state index in [1.165, 1.54) is 32.1 Å². The zero-order chi connectivity index (χ0) is 18.2. The lowest BCUT2D eigenvalue weighted by Crippen LogP contribution is -2.35. The van der Waals surface area contributed by atoms with E-state index >= 15 is 0 Å². The van der Waals surface area contributed by atoms with Gasteiger partial charge in [-0.05, 0) is 32.1 Å². The summed E-state index contributed by atoms with van der Waals surface area (Å²) in [7, 11) is 0. The van der Waals surface area contributed by atoms with Crippen LogP contribution in [0.25, 0.3) is 0 Å². The Morgan fingerprint density at radius 1 is 0.958 bits per heavy atom. The fraction of sp³-hybridized carbons (Fsp3) is 0.950. The van der Waals surface area contributed by atoms with Crippen molar-refractivity contribution in [1.82, 2.24) is 0 Å². The lowest BCUT2D eigenvalue weighted by molar-refractivity contribution is -0.000404.